The average Bonchev–Trinajstić information content (AvgIpc) is 3.28. The maximum Gasteiger partial charge on any atom is 0.228 e. The molecule has 1 N–H and O–H groups in total. The Hall–Kier alpha value is -3.24. The summed E-state index contributed by atoms with van der Waals surface area (Å²) in [6.45, 7) is 10.3. The van der Waals surface area contributed by atoms with Crippen LogP contribution < -0.4 is 10.2 Å². The molecule has 2 aliphatic rings. The highest BCUT2D eigenvalue weighted by Crippen LogP contribution is 2.29. The van der Waals surface area contributed by atoms with Gasteiger partial charge in [-0.25, -0.2) is 4.98 Å². The second-order valence-corrected chi connectivity index (χ2v) is 10.1. The minimum Gasteiger partial charge on any atom is -0.379 e. The van der Waals surface area contributed by atoms with Crippen LogP contribution in [0.4, 0.5) is 17.5 Å². The molecule has 2 aliphatic heterocycles. The van der Waals surface area contributed by atoms with Gasteiger partial charge in [0.1, 0.15) is 5.82 Å². The highest BCUT2D eigenvalue weighted by molar-refractivity contribution is 6.30. The third kappa shape index (κ3) is 5.61. The number of hydrogen-bond acceptors (Lipinski definition) is 8. The Morgan fingerprint density at radius 1 is 0.868 bits per heavy atom. The smallest absolute Gasteiger partial charge is 0.228 e. The van der Waals surface area contributed by atoms with E-state index in [9.17, 15) is 0 Å². The van der Waals surface area contributed by atoms with E-state index in [-0.39, 0.29) is 0 Å². The van der Waals surface area contributed by atoms with E-state index in [1.54, 1.807) is 0 Å². The number of nitrogens with one attached hydrogen (secondary N) is 1. The average molecular weight is 534 g/mol. The molecule has 2 fully saturated rings. The number of anilines is 3. The first-order valence-electron chi connectivity index (χ1n) is 13.1. The summed E-state index contributed by atoms with van der Waals surface area (Å²) in [5, 5.41) is 10.2. The van der Waals surface area contributed by atoms with E-state index < -0.39 is 0 Å². The third-order valence-electron chi connectivity index (χ3n) is 7.09. The Morgan fingerprint density at radius 2 is 1.61 bits per heavy atom. The van der Waals surface area contributed by atoms with Crippen molar-refractivity contribution in [2.45, 2.75) is 13.5 Å². The molecule has 2 aromatic carbocycles. The molecule has 0 unspecified atom stereocenters. The molecule has 9 nitrogen and oxygen atoms in total. The lowest BCUT2D eigenvalue weighted by Gasteiger charge is -2.27. The summed E-state index contributed by atoms with van der Waals surface area (Å²) in [4.78, 5) is 14.4. The molecule has 0 radical (unpaired) electrons. The summed E-state index contributed by atoms with van der Waals surface area (Å²) in [7, 11) is 0. The molecule has 2 aromatic heterocycles. The van der Waals surface area contributed by atoms with Gasteiger partial charge in [0, 0.05) is 60.4 Å². The molecule has 0 bridgehead atoms. The molecule has 0 saturated carbocycles. The van der Waals surface area contributed by atoms with Crippen molar-refractivity contribution in [2.24, 2.45) is 0 Å². The number of ether oxygens (including phenoxy) is 2. The summed E-state index contributed by atoms with van der Waals surface area (Å²) in [6.07, 6.45) is 0. The Labute approximate surface area is 227 Å². The second-order valence-electron chi connectivity index (χ2n) is 9.66. The molecule has 0 amide bonds. The SMILES string of the molecule is Cc1nn(CCN2CCOCC2)c2cc(-c3cc(Nc4ccc(Cl)cc4)nc(N4CCOCC4)n3)ccc12. The monoisotopic (exact) mass is 533 g/mol. The van der Waals surface area contributed by atoms with E-state index in [1.165, 1.54) is 0 Å². The van der Waals surface area contributed by atoms with Crippen molar-refractivity contribution in [1.29, 1.82) is 0 Å². The number of fused-ring (bicyclic) bond motifs is 1. The zero-order valence-electron chi connectivity index (χ0n) is 21.6. The summed E-state index contributed by atoms with van der Waals surface area (Å²) >= 11 is 6.09. The normalized spacial score (nSPS) is 16.7. The molecule has 0 spiro atoms. The van der Waals surface area contributed by atoms with Crippen LogP contribution in [-0.2, 0) is 16.0 Å². The van der Waals surface area contributed by atoms with Crippen LogP contribution in [0, 0.1) is 6.92 Å². The van der Waals surface area contributed by atoms with Crippen LogP contribution >= 0.6 is 11.6 Å². The van der Waals surface area contributed by atoms with E-state index >= 15 is 0 Å². The first kappa shape index (κ1) is 25.1. The summed E-state index contributed by atoms with van der Waals surface area (Å²) < 4.78 is 13.2. The fourth-order valence-electron chi connectivity index (χ4n) is 4.96. The van der Waals surface area contributed by atoms with Gasteiger partial charge >= 0.3 is 0 Å². The quantitative estimate of drug-likeness (QED) is 0.375. The topological polar surface area (TPSA) is 80.6 Å². The molecule has 10 heteroatoms. The van der Waals surface area contributed by atoms with E-state index in [4.69, 9.17) is 36.1 Å². The molecular formula is C28H32ClN7O2. The van der Waals surface area contributed by atoms with Crippen molar-refractivity contribution < 1.29 is 9.47 Å². The van der Waals surface area contributed by atoms with Gasteiger partial charge < -0.3 is 19.7 Å². The van der Waals surface area contributed by atoms with Gasteiger partial charge in [0.05, 0.1) is 49.9 Å². The van der Waals surface area contributed by atoms with Crippen molar-refractivity contribution in [3.8, 4) is 11.3 Å². The van der Waals surface area contributed by atoms with Gasteiger partial charge in [-0.3, -0.25) is 9.58 Å². The van der Waals surface area contributed by atoms with E-state index in [1.807, 2.05) is 30.3 Å². The number of aryl methyl sites for hydroxylation is 1. The number of hydrogen-bond donors (Lipinski definition) is 1. The van der Waals surface area contributed by atoms with Crippen LogP contribution in [0.15, 0.2) is 48.5 Å². The summed E-state index contributed by atoms with van der Waals surface area (Å²) in [5.74, 6) is 1.43. The zero-order chi connectivity index (χ0) is 25.9. The predicted octanol–water partition coefficient (Wildman–Crippen LogP) is 4.37. The van der Waals surface area contributed by atoms with Crippen LogP contribution in [0.5, 0.6) is 0 Å². The third-order valence-corrected chi connectivity index (χ3v) is 7.34. The first-order valence-corrected chi connectivity index (χ1v) is 13.5. The standard InChI is InChI=1S/C28H32ClN7O2/c1-20-24-7-2-21(18-26(24)36(33-20)9-8-34-10-14-37-15-11-34)25-19-27(30-23-5-3-22(29)4-6-23)32-28(31-25)35-12-16-38-17-13-35/h2-7,18-19H,8-17H2,1H3,(H,30,31,32). The van der Waals surface area contributed by atoms with Gasteiger partial charge in [-0.05, 0) is 37.3 Å². The number of aromatic nitrogens is 4. The molecular weight excluding hydrogens is 502 g/mol. The lowest BCUT2D eigenvalue weighted by atomic mass is 10.1. The molecule has 0 atom stereocenters. The largest absolute Gasteiger partial charge is 0.379 e. The Bertz CT molecular complexity index is 1400. The summed E-state index contributed by atoms with van der Waals surface area (Å²) in [6, 6.07) is 16.1. The molecule has 4 aromatic rings. The second kappa shape index (κ2) is 11.2. The molecule has 6 rings (SSSR count). The predicted molar refractivity (Wildman–Crippen MR) is 151 cm³/mol. The molecule has 4 heterocycles. The highest BCUT2D eigenvalue weighted by Gasteiger charge is 2.18. The van der Waals surface area contributed by atoms with Crippen molar-refractivity contribution >= 4 is 40.0 Å². The lowest BCUT2D eigenvalue weighted by molar-refractivity contribution is 0.0361. The summed E-state index contributed by atoms with van der Waals surface area (Å²) in [5.41, 5.74) is 4.96. The first-order chi connectivity index (χ1) is 18.6. The maximum absolute atomic E-state index is 6.09. The van der Waals surface area contributed by atoms with Gasteiger partial charge in [0.25, 0.3) is 0 Å². The number of nitrogens with zero attached hydrogens (tertiary/aromatic N) is 6. The Balaban J connectivity index is 1.34. The highest BCUT2D eigenvalue weighted by atomic mass is 35.5. The Kier molecular flexibility index (Phi) is 7.42. The van der Waals surface area contributed by atoms with Crippen LogP contribution in [0.2, 0.25) is 5.02 Å². The fourth-order valence-corrected chi connectivity index (χ4v) is 5.09. The number of morpholine rings is 2. The minimum atomic E-state index is 0.668. The number of benzene rings is 2. The molecule has 2 saturated heterocycles. The van der Waals surface area contributed by atoms with Gasteiger partial charge in [0.15, 0.2) is 0 Å². The molecule has 0 aliphatic carbocycles. The van der Waals surface area contributed by atoms with Crippen LogP contribution in [0.3, 0.4) is 0 Å². The van der Waals surface area contributed by atoms with Gasteiger partial charge in [-0.1, -0.05) is 23.7 Å². The zero-order valence-corrected chi connectivity index (χ0v) is 22.3. The number of rotatable bonds is 7. The van der Waals surface area contributed by atoms with E-state index in [0.29, 0.717) is 24.2 Å². The molecule has 38 heavy (non-hydrogen) atoms. The van der Waals surface area contributed by atoms with Crippen molar-refractivity contribution in [2.75, 3.05) is 69.4 Å². The van der Waals surface area contributed by atoms with Crippen LogP contribution in [0.1, 0.15) is 5.69 Å². The van der Waals surface area contributed by atoms with Gasteiger partial charge in [-0.15, -0.1) is 0 Å². The number of halogens is 1. The van der Waals surface area contributed by atoms with Crippen LogP contribution in [-0.4, -0.2) is 83.8 Å². The van der Waals surface area contributed by atoms with Gasteiger partial charge in [-0.2, -0.15) is 10.1 Å². The van der Waals surface area contributed by atoms with E-state index in [2.05, 4.69) is 44.9 Å². The van der Waals surface area contributed by atoms with Crippen LogP contribution in [0.25, 0.3) is 22.2 Å². The Morgan fingerprint density at radius 3 is 2.37 bits per heavy atom. The molecule has 198 valence electrons. The van der Waals surface area contributed by atoms with E-state index in [0.717, 1.165) is 91.8 Å². The fraction of sp³-hybridized carbons (Fsp3) is 0.393. The van der Waals surface area contributed by atoms with Gasteiger partial charge in [0.2, 0.25) is 5.95 Å². The van der Waals surface area contributed by atoms with Crippen molar-refractivity contribution in [1.82, 2.24) is 24.6 Å². The maximum atomic E-state index is 6.09. The lowest BCUT2D eigenvalue weighted by Crippen LogP contribution is -2.38. The minimum absolute atomic E-state index is 0.668. The van der Waals surface area contributed by atoms with Crippen molar-refractivity contribution in [3.63, 3.8) is 0 Å². The van der Waals surface area contributed by atoms with Crippen molar-refractivity contribution in [3.05, 3.63) is 59.2 Å².